The second-order valence-corrected chi connectivity index (χ2v) is 14.8. The summed E-state index contributed by atoms with van der Waals surface area (Å²) in [4.78, 5) is 100. The third-order valence-corrected chi connectivity index (χ3v) is 9.56. The normalized spacial score (nSPS) is 13.3. The van der Waals surface area contributed by atoms with Crippen molar-refractivity contribution >= 4 is 47.3 Å². The number of amides is 7. The number of carboxylic acids is 1. The Labute approximate surface area is 352 Å². The van der Waals surface area contributed by atoms with Gasteiger partial charge in [-0.1, -0.05) is 96.1 Å². The molecular weight excluding hydrogens is 782 g/mol. The number of aliphatic hydroxyl groups is 2. The predicted molar refractivity (Wildman–Crippen MR) is 221 cm³/mol. The number of carboxylic acid groups (broad SMARTS) is 1. The van der Waals surface area contributed by atoms with Crippen LogP contribution in [-0.2, 0) is 44.8 Å². The van der Waals surface area contributed by atoms with E-state index in [1.165, 1.54) is 96.0 Å². The lowest BCUT2D eigenvalue weighted by atomic mass is 10.0. The van der Waals surface area contributed by atoms with Crippen LogP contribution in [0.2, 0.25) is 0 Å². The number of carbonyl (C=O) groups is 8. The number of aliphatic carboxylic acids is 1. The topological polar surface area (TPSA) is 302 Å². The number of phenolic OH excluding ortho intramolecular Hbond substituents is 1. The quantitative estimate of drug-likeness (QED) is 0.0433. The molecule has 0 spiro atoms. The van der Waals surface area contributed by atoms with E-state index in [0.717, 1.165) is 19.3 Å². The SMILES string of the molecule is CCCCCCCCCCCCCCCC(=O)NCC(=O)N[C@@H](CO)C(=O)NCC(=O)N[C@H](C(=O)N[C@@H](Cc1ccc(O)cc1)C(=O)N[C@@H](CC(=O)O)C(=O)NC)[C@@H](C)O. The Morgan fingerprint density at radius 3 is 1.63 bits per heavy atom. The van der Waals surface area contributed by atoms with Crippen LogP contribution in [0.5, 0.6) is 5.75 Å². The number of rotatable bonds is 32. The average molecular weight is 850 g/mol. The van der Waals surface area contributed by atoms with Crippen molar-refractivity contribution in [3.8, 4) is 5.75 Å². The lowest BCUT2D eigenvalue weighted by Crippen LogP contribution is -2.60. The number of carbonyl (C=O) groups excluding carboxylic acids is 7. The zero-order valence-corrected chi connectivity index (χ0v) is 35.2. The Morgan fingerprint density at radius 1 is 0.600 bits per heavy atom. The highest BCUT2D eigenvalue weighted by molar-refractivity contribution is 5.96. The standard InChI is InChI=1S/C41H67N7O12/c1-4-5-6-7-8-9-10-11-12-13-14-15-16-17-33(52)43-24-34(53)45-32(26-49)39(58)44-25-35(54)48-37(27(2)50)41(60)47-30(22-28-18-20-29(51)21-19-28)40(59)46-31(23-36(55)56)38(57)42-3/h18-21,27,30-32,37,49-51H,4-17,22-26H2,1-3H3,(H,42,57)(H,43,52)(H,44,58)(H,45,53)(H,46,59)(H,47,60)(H,48,54)(H,55,56)/t27-,30+,31+,32+,37+/m1/s1. The number of hydrogen-bond donors (Lipinski definition) is 11. The largest absolute Gasteiger partial charge is 0.508 e. The van der Waals surface area contributed by atoms with Gasteiger partial charge in [-0.2, -0.15) is 0 Å². The molecule has 0 bridgehead atoms. The van der Waals surface area contributed by atoms with Crippen molar-refractivity contribution in [3.63, 3.8) is 0 Å². The van der Waals surface area contributed by atoms with Crippen molar-refractivity contribution in [1.82, 2.24) is 37.2 Å². The first-order valence-electron chi connectivity index (χ1n) is 20.9. The van der Waals surface area contributed by atoms with Crippen LogP contribution in [0.1, 0.15) is 116 Å². The minimum atomic E-state index is -1.69. The van der Waals surface area contributed by atoms with E-state index in [-0.39, 0.29) is 24.5 Å². The zero-order valence-electron chi connectivity index (χ0n) is 35.2. The molecule has 7 amide bonds. The molecule has 0 unspecified atom stereocenters. The van der Waals surface area contributed by atoms with E-state index < -0.39 is 97.8 Å². The summed E-state index contributed by atoms with van der Waals surface area (Å²) in [6, 6.07) is -0.614. The number of likely N-dealkylation sites (N-methyl/N-ethyl adjacent to an activating group) is 1. The molecule has 0 aliphatic carbocycles. The Balaban J connectivity index is 2.62. The highest BCUT2D eigenvalue weighted by Crippen LogP contribution is 2.14. The molecule has 19 nitrogen and oxygen atoms in total. The zero-order chi connectivity index (χ0) is 44.9. The summed E-state index contributed by atoms with van der Waals surface area (Å²) < 4.78 is 0. The van der Waals surface area contributed by atoms with Crippen LogP contribution in [0.25, 0.3) is 0 Å². The molecule has 0 saturated heterocycles. The highest BCUT2D eigenvalue weighted by Gasteiger charge is 2.32. The summed E-state index contributed by atoms with van der Waals surface area (Å²) in [5.41, 5.74) is 0.432. The van der Waals surface area contributed by atoms with Gasteiger partial charge in [-0.15, -0.1) is 0 Å². The summed E-state index contributed by atoms with van der Waals surface area (Å²) in [6.07, 6.45) is 12.9. The fourth-order valence-corrected chi connectivity index (χ4v) is 6.10. The van der Waals surface area contributed by atoms with Crippen molar-refractivity contribution in [1.29, 1.82) is 0 Å². The summed E-state index contributed by atoms with van der Waals surface area (Å²) in [7, 11) is 1.24. The van der Waals surface area contributed by atoms with E-state index in [2.05, 4.69) is 44.1 Å². The van der Waals surface area contributed by atoms with Crippen LogP contribution >= 0.6 is 0 Å². The second-order valence-electron chi connectivity index (χ2n) is 14.8. The molecule has 338 valence electrons. The Kier molecular flexibility index (Phi) is 27.0. The minimum Gasteiger partial charge on any atom is -0.508 e. The van der Waals surface area contributed by atoms with Crippen molar-refractivity contribution in [2.45, 2.75) is 147 Å². The first kappa shape index (κ1) is 52.7. The van der Waals surface area contributed by atoms with Crippen molar-refractivity contribution in [2.24, 2.45) is 0 Å². The van der Waals surface area contributed by atoms with Gasteiger partial charge in [-0.3, -0.25) is 38.4 Å². The molecule has 0 aromatic heterocycles. The van der Waals surface area contributed by atoms with Gasteiger partial charge >= 0.3 is 5.97 Å². The van der Waals surface area contributed by atoms with Crippen LogP contribution < -0.4 is 37.2 Å². The van der Waals surface area contributed by atoms with Gasteiger partial charge < -0.3 is 57.6 Å². The van der Waals surface area contributed by atoms with Gasteiger partial charge in [0.25, 0.3) is 0 Å². The molecule has 0 radical (unpaired) electrons. The van der Waals surface area contributed by atoms with Gasteiger partial charge in [-0.25, -0.2) is 0 Å². The van der Waals surface area contributed by atoms with E-state index in [4.69, 9.17) is 0 Å². The van der Waals surface area contributed by atoms with Gasteiger partial charge in [0, 0.05) is 19.9 Å². The average Bonchev–Trinajstić information content (AvgIpc) is 3.21. The Bertz CT molecular complexity index is 1510. The van der Waals surface area contributed by atoms with E-state index in [9.17, 15) is 58.8 Å². The predicted octanol–water partition coefficient (Wildman–Crippen LogP) is 0.181. The molecule has 0 aliphatic heterocycles. The first-order chi connectivity index (χ1) is 28.6. The molecule has 1 aromatic rings. The molecule has 11 N–H and O–H groups in total. The van der Waals surface area contributed by atoms with Crippen molar-refractivity contribution in [3.05, 3.63) is 29.8 Å². The maximum atomic E-state index is 13.3. The van der Waals surface area contributed by atoms with Crippen LogP contribution in [0.15, 0.2) is 24.3 Å². The summed E-state index contributed by atoms with van der Waals surface area (Å²) in [5, 5.41) is 55.0. The van der Waals surface area contributed by atoms with Crippen LogP contribution in [-0.4, -0.2) is 125 Å². The van der Waals surface area contributed by atoms with Gasteiger partial charge in [0.1, 0.15) is 29.9 Å². The molecule has 5 atom stereocenters. The number of aromatic hydroxyl groups is 1. The van der Waals surface area contributed by atoms with E-state index >= 15 is 0 Å². The summed E-state index contributed by atoms with van der Waals surface area (Å²) in [5.74, 6) is -7.35. The van der Waals surface area contributed by atoms with Crippen LogP contribution in [0.3, 0.4) is 0 Å². The third kappa shape index (κ3) is 23.3. The number of unbranched alkanes of at least 4 members (excludes halogenated alkanes) is 12. The molecule has 60 heavy (non-hydrogen) atoms. The molecule has 19 heteroatoms. The molecule has 0 heterocycles. The molecular formula is C41H67N7O12. The molecule has 0 fully saturated rings. The molecule has 1 aromatic carbocycles. The lowest BCUT2D eigenvalue weighted by Gasteiger charge is -2.26. The number of phenols is 1. The monoisotopic (exact) mass is 849 g/mol. The summed E-state index contributed by atoms with van der Waals surface area (Å²) >= 11 is 0. The van der Waals surface area contributed by atoms with Crippen molar-refractivity contribution < 1.29 is 58.8 Å². The maximum absolute atomic E-state index is 13.3. The number of hydrogen-bond acceptors (Lipinski definition) is 11. The van der Waals surface area contributed by atoms with Crippen LogP contribution in [0, 0.1) is 0 Å². The smallest absolute Gasteiger partial charge is 0.305 e. The van der Waals surface area contributed by atoms with Gasteiger partial charge in [0.2, 0.25) is 41.4 Å². The highest BCUT2D eigenvalue weighted by atomic mass is 16.4. The van der Waals surface area contributed by atoms with Crippen molar-refractivity contribution in [2.75, 3.05) is 26.7 Å². The first-order valence-corrected chi connectivity index (χ1v) is 20.9. The van der Waals surface area contributed by atoms with Crippen LogP contribution in [0.4, 0.5) is 0 Å². The Hall–Kier alpha value is -5.30. The lowest BCUT2D eigenvalue weighted by molar-refractivity contribution is -0.141. The molecule has 0 aliphatic rings. The second kappa shape index (κ2) is 30.7. The minimum absolute atomic E-state index is 0.0827. The molecule has 0 saturated carbocycles. The van der Waals surface area contributed by atoms with Gasteiger partial charge in [0.15, 0.2) is 0 Å². The Morgan fingerprint density at radius 2 is 1.12 bits per heavy atom. The van der Waals surface area contributed by atoms with E-state index in [1.807, 2.05) is 0 Å². The van der Waals surface area contributed by atoms with E-state index in [1.54, 1.807) is 0 Å². The number of nitrogens with one attached hydrogen (secondary N) is 7. The number of benzene rings is 1. The third-order valence-electron chi connectivity index (χ3n) is 9.56. The fourth-order valence-electron chi connectivity index (χ4n) is 6.10. The number of aliphatic hydroxyl groups excluding tert-OH is 2. The van der Waals surface area contributed by atoms with E-state index in [0.29, 0.717) is 12.0 Å². The maximum Gasteiger partial charge on any atom is 0.305 e. The summed E-state index contributed by atoms with van der Waals surface area (Å²) in [6.45, 7) is 1.33. The fraction of sp³-hybridized carbons (Fsp3) is 0.659. The van der Waals surface area contributed by atoms with Gasteiger partial charge in [-0.05, 0) is 31.0 Å². The molecule has 1 rings (SSSR count). The van der Waals surface area contributed by atoms with Gasteiger partial charge in [0.05, 0.1) is 32.2 Å².